The maximum Gasteiger partial charge on any atom is 0.271 e. The van der Waals surface area contributed by atoms with Crippen molar-refractivity contribution in [3.63, 3.8) is 0 Å². The second kappa shape index (κ2) is 13.2. The summed E-state index contributed by atoms with van der Waals surface area (Å²) in [5.74, 6) is 0.0679. The van der Waals surface area contributed by atoms with Gasteiger partial charge in [-0.3, -0.25) is 19.0 Å². The molecule has 2 aliphatic rings. The van der Waals surface area contributed by atoms with E-state index in [2.05, 4.69) is 31.3 Å². The fraction of sp³-hybridized carbons (Fsp3) is 0.263. The number of carbonyl (C=O) groups excluding carboxylic acids is 2. The summed E-state index contributed by atoms with van der Waals surface area (Å²) in [5.41, 5.74) is 5.18. The van der Waals surface area contributed by atoms with Gasteiger partial charge in [0.05, 0.1) is 35.1 Å². The van der Waals surface area contributed by atoms with E-state index in [9.17, 15) is 14.4 Å². The molecule has 7 rings (SSSR count). The Kier molecular flexibility index (Phi) is 8.68. The molecule has 48 heavy (non-hydrogen) atoms. The molecule has 2 amide bonds. The molecule has 0 unspecified atom stereocenters. The number of fused-ring (bicyclic) bond motifs is 2. The Morgan fingerprint density at radius 2 is 1.71 bits per heavy atom. The van der Waals surface area contributed by atoms with Crippen molar-refractivity contribution in [3.05, 3.63) is 133 Å². The number of allylic oxidation sites excluding steroid dienone is 1. The van der Waals surface area contributed by atoms with Gasteiger partial charge in [0.2, 0.25) is 5.91 Å². The Balaban J connectivity index is 1.32. The van der Waals surface area contributed by atoms with Crippen molar-refractivity contribution < 1.29 is 14.3 Å². The van der Waals surface area contributed by atoms with Gasteiger partial charge >= 0.3 is 0 Å². The van der Waals surface area contributed by atoms with E-state index in [1.807, 2.05) is 95.4 Å². The number of thiazole rings is 1. The van der Waals surface area contributed by atoms with E-state index < -0.39 is 6.04 Å². The normalized spacial score (nSPS) is 16.7. The molecule has 0 bridgehead atoms. The van der Waals surface area contributed by atoms with Crippen molar-refractivity contribution in [1.29, 1.82) is 0 Å². The van der Waals surface area contributed by atoms with Crippen LogP contribution in [0.5, 0.6) is 0 Å². The maximum absolute atomic E-state index is 14.4. The van der Waals surface area contributed by atoms with Crippen molar-refractivity contribution >= 4 is 45.8 Å². The zero-order valence-electron chi connectivity index (χ0n) is 27.2. The van der Waals surface area contributed by atoms with E-state index in [1.54, 1.807) is 4.57 Å². The SMILES string of the molecule is CC1=C(C(=O)Nc2ccccc2)[C@H](c2ccc(C(C)C)cc2)n2c(s/c(=C/c3cn(CC(=O)N4CCOCC4)c4ccccc34)c2=O)=N1. The van der Waals surface area contributed by atoms with E-state index in [0.717, 1.165) is 22.0 Å². The van der Waals surface area contributed by atoms with Crippen molar-refractivity contribution in [2.45, 2.75) is 39.3 Å². The summed E-state index contributed by atoms with van der Waals surface area (Å²) in [6.45, 7) is 8.54. The van der Waals surface area contributed by atoms with Gasteiger partial charge in [-0.15, -0.1) is 0 Å². The zero-order valence-corrected chi connectivity index (χ0v) is 28.0. The minimum absolute atomic E-state index is 0.0326. The minimum Gasteiger partial charge on any atom is -0.378 e. The van der Waals surface area contributed by atoms with Crippen molar-refractivity contribution in [3.8, 4) is 0 Å². The van der Waals surface area contributed by atoms with Crippen molar-refractivity contribution in [2.24, 2.45) is 4.99 Å². The number of hydrogen-bond donors (Lipinski definition) is 1. The molecule has 2 aliphatic heterocycles. The lowest BCUT2D eigenvalue weighted by atomic mass is 9.93. The van der Waals surface area contributed by atoms with Crippen LogP contribution in [0.3, 0.4) is 0 Å². The Labute approximate surface area is 282 Å². The minimum atomic E-state index is -0.666. The monoisotopic (exact) mass is 659 g/mol. The molecule has 0 saturated carbocycles. The van der Waals surface area contributed by atoms with Gasteiger partial charge in [0, 0.05) is 41.4 Å². The number of morpholine rings is 1. The topological polar surface area (TPSA) is 97.9 Å². The van der Waals surface area contributed by atoms with Gasteiger partial charge in [-0.05, 0) is 48.2 Å². The fourth-order valence-corrected chi connectivity index (χ4v) is 7.47. The highest BCUT2D eigenvalue weighted by molar-refractivity contribution is 7.07. The Bertz CT molecular complexity index is 2220. The number of hydrogen-bond acceptors (Lipinski definition) is 6. The van der Waals surface area contributed by atoms with Gasteiger partial charge in [0.15, 0.2) is 4.80 Å². The summed E-state index contributed by atoms with van der Waals surface area (Å²) in [6, 6.07) is 24.7. The maximum atomic E-state index is 14.4. The van der Waals surface area contributed by atoms with Crippen LogP contribution in [-0.4, -0.2) is 52.2 Å². The summed E-state index contributed by atoms with van der Waals surface area (Å²) in [7, 11) is 0. The molecular formula is C38H37N5O4S. The molecule has 9 nitrogen and oxygen atoms in total. The number of nitrogens with one attached hydrogen (secondary N) is 1. The smallest absolute Gasteiger partial charge is 0.271 e. The van der Waals surface area contributed by atoms with Crippen molar-refractivity contribution in [1.82, 2.24) is 14.0 Å². The third kappa shape index (κ3) is 6.05. The lowest BCUT2D eigenvalue weighted by Gasteiger charge is -2.27. The van der Waals surface area contributed by atoms with Crippen LogP contribution in [0.15, 0.2) is 106 Å². The molecule has 10 heteroatoms. The molecule has 3 aromatic carbocycles. The predicted molar refractivity (Wildman–Crippen MR) is 189 cm³/mol. The number of nitrogens with zero attached hydrogens (tertiary/aromatic N) is 4. The Morgan fingerprint density at radius 3 is 2.44 bits per heavy atom. The summed E-state index contributed by atoms with van der Waals surface area (Å²) in [6.07, 6.45) is 3.82. The molecule has 0 radical (unpaired) electrons. The largest absolute Gasteiger partial charge is 0.378 e. The predicted octanol–water partition coefficient (Wildman–Crippen LogP) is 4.81. The van der Waals surface area contributed by atoms with Gasteiger partial charge < -0.3 is 19.5 Å². The van der Waals surface area contributed by atoms with Crippen LogP contribution in [0.4, 0.5) is 5.69 Å². The van der Waals surface area contributed by atoms with Gasteiger partial charge in [0.25, 0.3) is 11.5 Å². The standard InChI is InChI=1S/C38H37N5O4S/c1-24(2)26-13-15-27(16-14-26)35-34(36(45)40-29-9-5-4-6-10-29)25(3)39-38-43(35)37(46)32(48-38)21-28-22-42(31-12-8-7-11-30(28)31)23-33(44)41-17-19-47-20-18-41/h4-16,21-22,24,35H,17-20,23H2,1-3H3,(H,40,45)/b32-21+/t35-/m0/s1. The number of carbonyl (C=O) groups is 2. The van der Waals surface area contributed by atoms with Gasteiger partial charge in [0.1, 0.15) is 6.54 Å². The van der Waals surface area contributed by atoms with Gasteiger partial charge in [-0.2, -0.15) is 0 Å². The lowest BCUT2D eigenvalue weighted by molar-refractivity contribution is -0.135. The van der Waals surface area contributed by atoms with E-state index in [0.29, 0.717) is 58.5 Å². The summed E-state index contributed by atoms with van der Waals surface area (Å²) in [4.78, 5) is 48.6. The molecule has 1 N–H and O–H groups in total. The molecule has 2 aromatic heterocycles. The van der Waals surface area contributed by atoms with Crippen LogP contribution >= 0.6 is 11.3 Å². The Hall–Kier alpha value is -5.06. The molecule has 0 spiro atoms. The quantitative estimate of drug-likeness (QED) is 0.271. The molecule has 1 fully saturated rings. The van der Waals surface area contributed by atoms with Crippen LogP contribution in [0.25, 0.3) is 17.0 Å². The first-order chi connectivity index (χ1) is 23.3. The van der Waals surface area contributed by atoms with Gasteiger partial charge in [-0.1, -0.05) is 85.8 Å². The molecular weight excluding hydrogens is 623 g/mol. The number of anilines is 1. The average Bonchev–Trinajstić information content (AvgIpc) is 3.60. The first-order valence-electron chi connectivity index (χ1n) is 16.2. The first kappa shape index (κ1) is 31.5. The molecule has 0 aliphatic carbocycles. The second-order valence-electron chi connectivity index (χ2n) is 12.4. The van der Waals surface area contributed by atoms with Crippen LogP contribution in [0, 0.1) is 0 Å². The number of amides is 2. The number of rotatable bonds is 7. The highest BCUT2D eigenvalue weighted by atomic mass is 32.1. The fourth-order valence-electron chi connectivity index (χ4n) is 6.43. The molecule has 1 saturated heterocycles. The van der Waals surface area contributed by atoms with Crippen LogP contribution in [-0.2, 0) is 20.9 Å². The van der Waals surface area contributed by atoms with E-state index in [-0.39, 0.29) is 23.9 Å². The van der Waals surface area contributed by atoms with Gasteiger partial charge in [-0.25, -0.2) is 4.99 Å². The first-order valence-corrected chi connectivity index (χ1v) is 17.0. The number of ether oxygens (including phenoxy) is 1. The highest BCUT2D eigenvalue weighted by Gasteiger charge is 2.32. The third-order valence-corrected chi connectivity index (χ3v) is 9.98. The number of para-hydroxylation sites is 2. The second-order valence-corrected chi connectivity index (χ2v) is 13.5. The molecule has 244 valence electrons. The lowest BCUT2D eigenvalue weighted by Crippen LogP contribution is -2.42. The average molecular weight is 660 g/mol. The highest BCUT2D eigenvalue weighted by Crippen LogP contribution is 2.32. The summed E-state index contributed by atoms with van der Waals surface area (Å²) in [5, 5.41) is 3.96. The molecule has 1 atom stereocenters. The van der Waals surface area contributed by atoms with Crippen molar-refractivity contribution in [2.75, 3.05) is 31.6 Å². The number of aromatic nitrogens is 2. The number of benzene rings is 3. The van der Waals surface area contributed by atoms with Crippen LogP contribution in [0.1, 0.15) is 49.4 Å². The summed E-state index contributed by atoms with van der Waals surface area (Å²) < 4.78 is 9.52. The Morgan fingerprint density at radius 1 is 1.00 bits per heavy atom. The molecule has 5 aromatic rings. The molecule has 4 heterocycles. The van der Waals surface area contributed by atoms with E-state index >= 15 is 0 Å². The van der Waals surface area contributed by atoms with Crippen LogP contribution < -0.4 is 20.2 Å². The summed E-state index contributed by atoms with van der Waals surface area (Å²) >= 11 is 1.30. The van der Waals surface area contributed by atoms with E-state index in [4.69, 9.17) is 9.73 Å². The zero-order chi connectivity index (χ0) is 33.4. The van der Waals surface area contributed by atoms with E-state index in [1.165, 1.54) is 16.9 Å². The van der Waals surface area contributed by atoms with Crippen LogP contribution in [0.2, 0.25) is 0 Å². The third-order valence-electron chi connectivity index (χ3n) is 8.99.